The van der Waals surface area contributed by atoms with Crippen molar-refractivity contribution in [2.75, 3.05) is 5.32 Å². The van der Waals surface area contributed by atoms with Gasteiger partial charge in [0.1, 0.15) is 6.17 Å². The van der Waals surface area contributed by atoms with Crippen LogP contribution in [-0.4, -0.2) is 32.1 Å². The molecule has 2 rings (SSSR count). The normalized spacial score (nSPS) is 12.1. The molecule has 1 heterocycles. The first-order chi connectivity index (χ1) is 12.6. The minimum Gasteiger partial charge on any atom is -0.478 e. The van der Waals surface area contributed by atoms with E-state index in [1.54, 1.807) is 6.07 Å². The Morgan fingerprint density at radius 1 is 1.11 bits per heavy atom. The van der Waals surface area contributed by atoms with Crippen molar-refractivity contribution in [3.63, 3.8) is 0 Å². The fourth-order valence-electron chi connectivity index (χ4n) is 1.83. The van der Waals surface area contributed by atoms with E-state index < -0.39 is 21.8 Å². The Balaban J connectivity index is 2.03. The van der Waals surface area contributed by atoms with Gasteiger partial charge < -0.3 is 25.5 Å². The van der Waals surface area contributed by atoms with Crippen LogP contribution in [0.5, 0.6) is 0 Å². The summed E-state index contributed by atoms with van der Waals surface area (Å²) < 4.78 is 3.58. The van der Waals surface area contributed by atoms with Gasteiger partial charge in [-0.05, 0) is 64.5 Å². The number of thiocarbonyl (C=S) groups is 1. The van der Waals surface area contributed by atoms with Crippen molar-refractivity contribution < 1.29 is 19.1 Å². The molecular weight excluding hydrogens is 505 g/mol. The van der Waals surface area contributed by atoms with Crippen molar-refractivity contribution in [2.24, 2.45) is 0 Å². The van der Waals surface area contributed by atoms with Gasteiger partial charge in [-0.3, -0.25) is 4.79 Å². The molecule has 12 heteroatoms. The molecule has 144 valence electrons. The van der Waals surface area contributed by atoms with Crippen LogP contribution in [0.1, 0.15) is 20.9 Å². The number of aromatic carboxylic acids is 1. The average molecular weight is 516 g/mol. The van der Waals surface area contributed by atoms with E-state index in [9.17, 15) is 9.59 Å². The summed E-state index contributed by atoms with van der Waals surface area (Å²) in [5.41, 5.74) is 0.623. The van der Waals surface area contributed by atoms with Gasteiger partial charge in [-0.2, -0.15) is 0 Å². The zero-order valence-corrected chi connectivity index (χ0v) is 17.8. The standard InChI is InChI=1S/C15H11BrCl3N3O4S/c16-10-6-5-9(26-10)11(23)21-13(15(17,18)19)22-14(27)20-8-3-1-7(2-4-8)12(24)25/h1-6,13H,(H,21,23)(H,24,25)(H2,20,22,27). The molecule has 1 amide bonds. The van der Waals surface area contributed by atoms with E-state index in [-0.39, 0.29) is 16.4 Å². The van der Waals surface area contributed by atoms with Crippen LogP contribution in [0.4, 0.5) is 5.69 Å². The van der Waals surface area contributed by atoms with Crippen molar-refractivity contribution in [3.8, 4) is 0 Å². The largest absolute Gasteiger partial charge is 0.478 e. The first kappa shape index (κ1) is 21.8. The number of rotatable bonds is 5. The monoisotopic (exact) mass is 513 g/mol. The number of halogens is 4. The molecule has 0 saturated carbocycles. The molecule has 0 bridgehead atoms. The van der Waals surface area contributed by atoms with Gasteiger partial charge in [-0.15, -0.1) is 0 Å². The molecule has 0 aliphatic carbocycles. The molecule has 0 spiro atoms. The molecule has 4 N–H and O–H groups in total. The molecule has 0 fully saturated rings. The average Bonchev–Trinajstić information content (AvgIpc) is 3.00. The van der Waals surface area contributed by atoms with E-state index in [0.29, 0.717) is 10.4 Å². The zero-order valence-electron chi connectivity index (χ0n) is 13.1. The van der Waals surface area contributed by atoms with E-state index >= 15 is 0 Å². The third kappa shape index (κ3) is 6.54. The van der Waals surface area contributed by atoms with Gasteiger partial charge in [0.05, 0.1) is 5.56 Å². The van der Waals surface area contributed by atoms with Crippen molar-refractivity contribution in [3.05, 3.63) is 52.4 Å². The molecule has 2 aromatic rings. The second-order valence-electron chi connectivity index (χ2n) is 5.03. The molecule has 0 aliphatic rings. The minimum atomic E-state index is -1.93. The molecule has 1 atom stereocenters. The summed E-state index contributed by atoms with van der Waals surface area (Å²) in [5.74, 6) is -1.67. The molecule has 1 aromatic carbocycles. The van der Waals surface area contributed by atoms with Gasteiger partial charge in [0.15, 0.2) is 15.5 Å². The van der Waals surface area contributed by atoms with E-state index in [2.05, 4.69) is 31.9 Å². The zero-order chi connectivity index (χ0) is 20.2. The molecule has 27 heavy (non-hydrogen) atoms. The number of benzene rings is 1. The number of hydrogen-bond acceptors (Lipinski definition) is 4. The van der Waals surface area contributed by atoms with Gasteiger partial charge in [-0.1, -0.05) is 34.8 Å². The smallest absolute Gasteiger partial charge is 0.335 e. The third-order valence-corrected chi connectivity index (χ3v) is 4.37. The van der Waals surface area contributed by atoms with Gasteiger partial charge in [-0.25, -0.2) is 4.79 Å². The Labute approximate surface area is 182 Å². The fraction of sp³-hybridized carbons (Fsp3) is 0.133. The highest BCUT2D eigenvalue weighted by Crippen LogP contribution is 2.29. The summed E-state index contributed by atoms with van der Waals surface area (Å²) in [5, 5.41) is 16.9. The van der Waals surface area contributed by atoms with Gasteiger partial charge in [0.2, 0.25) is 3.79 Å². The maximum atomic E-state index is 12.2. The third-order valence-electron chi connectivity index (χ3n) is 3.06. The van der Waals surface area contributed by atoms with E-state index in [1.807, 2.05) is 0 Å². The summed E-state index contributed by atoms with van der Waals surface area (Å²) >= 11 is 25.9. The molecule has 0 radical (unpaired) electrons. The van der Waals surface area contributed by atoms with Crippen LogP contribution < -0.4 is 16.0 Å². The Hall–Kier alpha value is -1.52. The fourth-order valence-corrected chi connectivity index (χ4v) is 2.70. The second kappa shape index (κ2) is 9.11. The lowest BCUT2D eigenvalue weighted by atomic mass is 10.2. The first-order valence-corrected chi connectivity index (χ1v) is 9.43. The Kier molecular flexibility index (Phi) is 7.35. The summed E-state index contributed by atoms with van der Waals surface area (Å²) in [6, 6.07) is 8.81. The molecule has 1 aromatic heterocycles. The van der Waals surface area contributed by atoms with Crippen molar-refractivity contribution in [1.82, 2.24) is 10.6 Å². The number of hydrogen-bond donors (Lipinski definition) is 4. The second-order valence-corrected chi connectivity index (χ2v) is 8.59. The maximum absolute atomic E-state index is 12.2. The number of carbonyl (C=O) groups is 2. The number of amides is 1. The van der Waals surface area contributed by atoms with E-state index in [0.717, 1.165) is 0 Å². The SMILES string of the molecule is O=C(O)c1ccc(NC(=S)NC(NC(=O)c2ccc(Br)o2)C(Cl)(Cl)Cl)cc1. The van der Waals surface area contributed by atoms with Gasteiger partial charge >= 0.3 is 5.97 Å². The summed E-state index contributed by atoms with van der Waals surface area (Å²) in [7, 11) is 0. The van der Waals surface area contributed by atoms with Gasteiger partial charge in [0.25, 0.3) is 5.91 Å². The molecular formula is C15H11BrCl3N3O4S. The lowest BCUT2D eigenvalue weighted by Crippen LogP contribution is -2.56. The van der Waals surface area contributed by atoms with Crippen molar-refractivity contribution in [1.29, 1.82) is 0 Å². The van der Waals surface area contributed by atoms with Crippen LogP contribution >= 0.6 is 63.0 Å². The summed E-state index contributed by atoms with van der Waals surface area (Å²) in [6.07, 6.45) is -1.18. The maximum Gasteiger partial charge on any atom is 0.335 e. The topological polar surface area (TPSA) is 104 Å². The van der Waals surface area contributed by atoms with Gasteiger partial charge in [0, 0.05) is 5.69 Å². The number of anilines is 1. The predicted molar refractivity (Wildman–Crippen MR) is 111 cm³/mol. The Morgan fingerprint density at radius 2 is 1.74 bits per heavy atom. The summed E-state index contributed by atoms with van der Waals surface area (Å²) in [4.78, 5) is 23.1. The Morgan fingerprint density at radius 3 is 2.22 bits per heavy atom. The quantitative estimate of drug-likeness (QED) is 0.269. The minimum absolute atomic E-state index is 0.00561. The number of carbonyl (C=O) groups excluding carboxylic acids is 1. The lowest BCUT2D eigenvalue weighted by molar-refractivity contribution is 0.0696. The highest BCUT2D eigenvalue weighted by atomic mass is 79.9. The number of nitrogens with one attached hydrogen (secondary N) is 3. The predicted octanol–water partition coefficient (Wildman–Crippen LogP) is 4.15. The molecule has 0 aliphatic heterocycles. The van der Waals surface area contributed by atoms with Crippen LogP contribution in [0.25, 0.3) is 0 Å². The van der Waals surface area contributed by atoms with Crippen LogP contribution in [-0.2, 0) is 0 Å². The first-order valence-electron chi connectivity index (χ1n) is 7.10. The molecule has 1 unspecified atom stereocenters. The lowest BCUT2D eigenvalue weighted by Gasteiger charge is -2.27. The van der Waals surface area contributed by atoms with Crippen molar-refractivity contribution >= 4 is 85.6 Å². The number of alkyl halides is 3. The highest BCUT2D eigenvalue weighted by Gasteiger charge is 2.35. The van der Waals surface area contributed by atoms with E-state index in [4.69, 9.17) is 56.5 Å². The van der Waals surface area contributed by atoms with Crippen LogP contribution in [0.15, 0.2) is 45.5 Å². The summed E-state index contributed by atoms with van der Waals surface area (Å²) in [6.45, 7) is 0. The number of carboxylic acids is 1. The molecule has 0 saturated heterocycles. The number of carboxylic acid groups (broad SMARTS) is 1. The molecule has 7 nitrogen and oxygen atoms in total. The number of furan rings is 1. The van der Waals surface area contributed by atoms with Crippen LogP contribution in [0.2, 0.25) is 0 Å². The van der Waals surface area contributed by atoms with E-state index in [1.165, 1.54) is 30.3 Å². The van der Waals surface area contributed by atoms with Crippen LogP contribution in [0.3, 0.4) is 0 Å². The van der Waals surface area contributed by atoms with Crippen molar-refractivity contribution in [2.45, 2.75) is 9.96 Å². The highest BCUT2D eigenvalue weighted by molar-refractivity contribution is 9.10. The van der Waals surface area contributed by atoms with Crippen LogP contribution in [0, 0.1) is 0 Å². The Bertz CT molecular complexity index is 855.